The molecular formula is C33H50N2O2. The van der Waals surface area contributed by atoms with Gasteiger partial charge in [0.1, 0.15) is 6.42 Å². The Morgan fingerprint density at radius 2 is 1.00 bits per heavy atom. The molecule has 4 heteroatoms. The first-order valence-corrected chi connectivity index (χ1v) is 15.9. The molecule has 1 aromatic carbocycles. The Bertz CT molecular complexity index is 930. The van der Waals surface area contributed by atoms with Crippen LogP contribution in [0.4, 0.5) is 5.69 Å². The molecule has 0 aliphatic heterocycles. The molecule has 5 rings (SSSR count). The van der Waals surface area contributed by atoms with E-state index in [0.717, 1.165) is 5.69 Å². The zero-order valence-electron chi connectivity index (χ0n) is 23.1. The maximum absolute atomic E-state index is 13.0. The third kappa shape index (κ3) is 6.42. The third-order valence-corrected chi connectivity index (χ3v) is 10.2. The van der Waals surface area contributed by atoms with Gasteiger partial charge in [0.25, 0.3) is 0 Å². The molecule has 0 spiro atoms. The molecule has 0 bridgehead atoms. The fraction of sp³-hybridized carbons (Fsp3) is 0.758. The summed E-state index contributed by atoms with van der Waals surface area (Å²) in [4.78, 5) is 24.6. The monoisotopic (exact) mass is 506 g/mol. The van der Waals surface area contributed by atoms with E-state index < -0.39 is 5.91 Å². The lowest BCUT2D eigenvalue weighted by Crippen LogP contribution is -2.25. The van der Waals surface area contributed by atoms with E-state index in [2.05, 4.69) is 11.4 Å². The molecule has 0 saturated heterocycles. The van der Waals surface area contributed by atoms with E-state index in [1.807, 2.05) is 0 Å². The summed E-state index contributed by atoms with van der Waals surface area (Å²) in [7, 11) is 0. The van der Waals surface area contributed by atoms with Crippen molar-refractivity contribution < 1.29 is 9.59 Å². The second kappa shape index (κ2) is 12.8. The molecule has 0 unspecified atom stereocenters. The fourth-order valence-corrected chi connectivity index (χ4v) is 8.47. The van der Waals surface area contributed by atoms with Gasteiger partial charge in [0.2, 0.25) is 11.8 Å². The highest BCUT2D eigenvalue weighted by molar-refractivity contribution is 6.03. The van der Waals surface area contributed by atoms with Crippen LogP contribution in [0.1, 0.15) is 181 Å². The average molecular weight is 507 g/mol. The molecule has 4 fully saturated rings. The molecular weight excluding hydrogens is 456 g/mol. The summed E-state index contributed by atoms with van der Waals surface area (Å²) in [5.74, 6) is 1.66. The Balaban J connectivity index is 1.71. The maximum atomic E-state index is 13.0. The van der Waals surface area contributed by atoms with Gasteiger partial charge in [-0.1, -0.05) is 77.0 Å². The molecule has 4 aliphatic carbocycles. The number of hydrogen-bond acceptors (Lipinski definition) is 2. The molecule has 4 nitrogen and oxygen atoms in total. The topological polar surface area (TPSA) is 72.2 Å². The van der Waals surface area contributed by atoms with Gasteiger partial charge in [-0.25, -0.2) is 0 Å². The van der Waals surface area contributed by atoms with Gasteiger partial charge in [-0.2, -0.15) is 0 Å². The van der Waals surface area contributed by atoms with Crippen LogP contribution in [-0.2, 0) is 9.59 Å². The molecule has 204 valence electrons. The van der Waals surface area contributed by atoms with Crippen LogP contribution in [0.2, 0.25) is 0 Å². The Morgan fingerprint density at radius 1 is 0.595 bits per heavy atom. The SMILES string of the molecule is NC(=O)CC(=O)Nc1cc(C2CCCCC2)c(C2CCCCC2)c(C2CCCCC2)c1C1CCCCC1. The molecule has 3 N–H and O–H groups in total. The molecule has 1 aromatic rings. The molecule has 0 heterocycles. The summed E-state index contributed by atoms with van der Waals surface area (Å²) in [6, 6.07) is 2.43. The Kier molecular flexibility index (Phi) is 9.26. The van der Waals surface area contributed by atoms with Gasteiger partial charge in [-0.05, 0) is 103 Å². The van der Waals surface area contributed by atoms with Gasteiger partial charge >= 0.3 is 0 Å². The number of anilines is 1. The van der Waals surface area contributed by atoms with Crippen molar-refractivity contribution in [1.29, 1.82) is 0 Å². The van der Waals surface area contributed by atoms with Gasteiger partial charge in [0.05, 0.1) is 0 Å². The first-order valence-electron chi connectivity index (χ1n) is 15.9. The van der Waals surface area contributed by atoms with E-state index in [1.165, 1.54) is 134 Å². The van der Waals surface area contributed by atoms with E-state index in [4.69, 9.17) is 5.73 Å². The van der Waals surface area contributed by atoms with E-state index in [1.54, 1.807) is 16.7 Å². The van der Waals surface area contributed by atoms with Crippen molar-refractivity contribution in [1.82, 2.24) is 0 Å². The minimum atomic E-state index is -0.546. The van der Waals surface area contributed by atoms with Gasteiger partial charge in [0.15, 0.2) is 0 Å². The normalized spacial score (nSPS) is 23.1. The summed E-state index contributed by atoms with van der Waals surface area (Å²) in [6.45, 7) is 0. The van der Waals surface area contributed by atoms with Crippen LogP contribution in [0.3, 0.4) is 0 Å². The second-order valence-electron chi connectivity index (χ2n) is 12.8. The second-order valence-corrected chi connectivity index (χ2v) is 12.8. The highest BCUT2D eigenvalue weighted by Gasteiger charge is 2.35. The number of primary amides is 1. The minimum absolute atomic E-state index is 0.230. The van der Waals surface area contributed by atoms with Crippen LogP contribution in [-0.4, -0.2) is 11.8 Å². The number of hydrogen-bond donors (Lipinski definition) is 2. The van der Waals surface area contributed by atoms with E-state index in [-0.39, 0.29) is 12.3 Å². The van der Waals surface area contributed by atoms with Gasteiger partial charge in [-0.3, -0.25) is 9.59 Å². The van der Waals surface area contributed by atoms with Crippen LogP contribution in [0.5, 0.6) is 0 Å². The zero-order valence-corrected chi connectivity index (χ0v) is 23.1. The Morgan fingerprint density at radius 3 is 1.46 bits per heavy atom. The lowest BCUT2D eigenvalue weighted by Gasteiger charge is -2.39. The lowest BCUT2D eigenvalue weighted by atomic mass is 9.67. The third-order valence-electron chi connectivity index (χ3n) is 10.2. The van der Waals surface area contributed by atoms with Crippen LogP contribution >= 0.6 is 0 Å². The quantitative estimate of drug-likeness (QED) is 0.363. The molecule has 0 aromatic heterocycles. The highest BCUT2D eigenvalue weighted by Crippen LogP contribution is 2.52. The smallest absolute Gasteiger partial charge is 0.233 e. The highest BCUT2D eigenvalue weighted by atomic mass is 16.2. The standard InChI is InChI=1S/C33H50N2O2/c34-29(36)22-30(37)35-28-21-27(23-13-5-1-6-14-23)31(24-15-7-2-8-16-24)33(26-19-11-4-12-20-26)32(28)25-17-9-3-10-18-25/h21,23-26H,1-20,22H2,(H2,34,36)(H,35,37). The number of nitrogens with one attached hydrogen (secondary N) is 1. The number of carbonyl (C=O) groups is 2. The largest absolute Gasteiger partial charge is 0.369 e. The van der Waals surface area contributed by atoms with Crippen molar-refractivity contribution in [3.05, 3.63) is 28.3 Å². The average Bonchev–Trinajstić information content (AvgIpc) is 2.94. The van der Waals surface area contributed by atoms with Gasteiger partial charge in [-0.15, -0.1) is 0 Å². The lowest BCUT2D eigenvalue weighted by molar-refractivity contribution is -0.124. The Labute approximate surface area is 224 Å². The summed E-state index contributed by atoms with van der Waals surface area (Å²) in [5, 5.41) is 3.29. The maximum Gasteiger partial charge on any atom is 0.233 e. The number of amides is 2. The summed E-state index contributed by atoms with van der Waals surface area (Å²) in [5.41, 5.74) is 13.0. The van der Waals surface area contributed by atoms with Crippen molar-refractivity contribution in [2.75, 3.05) is 5.32 Å². The molecule has 2 amide bonds. The van der Waals surface area contributed by atoms with Gasteiger partial charge in [0, 0.05) is 5.69 Å². The van der Waals surface area contributed by atoms with Crippen molar-refractivity contribution in [2.45, 2.75) is 159 Å². The predicted molar refractivity (Wildman–Crippen MR) is 152 cm³/mol. The summed E-state index contributed by atoms with van der Waals surface area (Å²) in [6.07, 6.45) is 26.0. The van der Waals surface area contributed by atoms with Crippen molar-refractivity contribution in [3.63, 3.8) is 0 Å². The number of nitrogens with two attached hydrogens (primary N) is 1. The predicted octanol–water partition coefficient (Wildman–Crippen LogP) is 8.69. The van der Waals surface area contributed by atoms with Crippen molar-refractivity contribution in [2.24, 2.45) is 5.73 Å². The van der Waals surface area contributed by atoms with E-state index in [0.29, 0.717) is 23.7 Å². The number of carbonyl (C=O) groups excluding carboxylic acids is 2. The van der Waals surface area contributed by atoms with Crippen LogP contribution in [0.15, 0.2) is 6.07 Å². The first-order chi connectivity index (χ1) is 18.1. The zero-order chi connectivity index (χ0) is 25.6. The van der Waals surface area contributed by atoms with E-state index in [9.17, 15) is 9.59 Å². The first kappa shape index (κ1) is 26.8. The van der Waals surface area contributed by atoms with Crippen molar-refractivity contribution >= 4 is 17.5 Å². The fourth-order valence-electron chi connectivity index (χ4n) is 8.47. The van der Waals surface area contributed by atoms with E-state index >= 15 is 0 Å². The number of rotatable bonds is 7. The molecule has 37 heavy (non-hydrogen) atoms. The molecule has 0 radical (unpaired) electrons. The molecule has 0 atom stereocenters. The molecule has 4 saturated carbocycles. The van der Waals surface area contributed by atoms with Crippen molar-refractivity contribution in [3.8, 4) is 0 Å². The van der Waals surface area contributed by atoms with Gasteiger partial charge < -0.3 is 11.1 Å². The summed E-state index contributed by atoms with van der Waals surface area (Å²) < 4.78 is 0. The number of benzene rings is 1. The molecule has 4 aliphatic rings. The van der Waals surface area contributed by atoms with Crippen LogP contribution in [0.25, 0.3) is 0 Å². The summed E-state index contributed by atoms with van der Waals surface area (Å²) >= 11 is 0. The van der Waals surface area contributed by atoms with Crippen LogP contribution in [0, 0.1) is 0 Å². The van der Waals surface area contributed by atoms with Crippen LogP contribution < -0.4 is 11.1 Å². The minimum Gasteiger partial charge on any atom is -0.369 e. The Hall–Kier alpha value is -1.84.